The molecule has 10 heteroatoms. The van der Waals surface area contributed by atoms with Gasteiger partial charge in [0.15, 0.2) is 0 Å². The Balaban J connectivity index is 1.75. The van der Waals surface area contributed by atoms with Crippen molar-refractivity contribution in [1.82, 2.24) is 25.0 Å². The average Bonchev–Trinajstić information content (AvgIpc) is 3.30. The number of amides is 2. The van der Waals surface area contributed by atoms with E-state index in [4.69, 9.17) is 4.98 Å². The molecule has 0 aromatic carbocycles. The molecule has 3 heterocycles. The first-order valence-electron chi connectivity index (χ1n) is 10.9. The zero-order chi connectivity index (χ0) is 23.2. The maximum Gasteiger partial charge on any atom is 0.408 e. The second-order valence-electron chi connectivity index (χ2n) is 9.49. The highest BCUT2D eigenvalue weighted by molar-refractivity contribution is 9.10. The van der Waals surface area contributed by atoms with Crippen molar-refractivity contribution in [1.29, 1.82) is 0 Å². The summed E-state index contributed by atoms with van der Waals surface area (Å²) >= 11 is 3.66. The van der Waals surface area contributed by atoms with Gasteiger partial charge in [-0.3, -0.25) is 14.4 Å². The van der Waals surface area contributed by atoms with Gasteiger partial charge in [-0.05, 0) is 49.5 Å². The highest BCUT2D eigenvalue weighted by atomic mass is 79.9. The van der Waals surface area contributed by atoms with Gasteiger partial charge in [0.05, 0.1) is 28.0 Å². The summed E-state index contributed by atoms with van der Waals surface area (Å²) in [6.07, 6.45) is 6.25. The molecule has 2 aromatic rings. The van der Waals surface area contributed by atoms with Crippen LogP contribution in [-0.4, -0.2) is 54.4 Å². The molecule has 32 heavy (non-hydrogen) atoms. The third kappa shape index (κ3) is 4.07. The van der Waals surface area contributed by atoms with Crippen molar-refractivity contribution in [2.45, 2.75) is 70.6 Å². The Morgan fingerprint density at radius 3 is 2.69 bits per heavy atom. The smallest absolute Gasteiger partial charge is 0.408 e. The van der Waals surface area contributed by atoms with Crippen LogP contribution < -0.4 is 10.6 Å². The van der Waals surface area contributed by atoms with E-state index in [9.17, 15) is 14.7 Å². The number of nitrogens with zero attached hydrogens (tertiary/aromatic N) is 4. The minimum atomic E-state index is -0.914. The van der Waals surface area contributed by atoms with Crippen LogP contribution in [-0.2, 0) is 13.6 Å². The largest absolute Gasteiger partial charge is 0.465 e. The molecule has 2 aromatic heterocycles. The first-order chi connectivity index (χ1) is 15.1. The molecule has 0 radical (unpaired) electrons. The topological polar surface area (TPSA) is 112 Å². The van der Waals surface area contributed by atoms with E-state index in [2.05, 4.69) is 31.7 Å². The van der Waals surface area contributed by atoms with Gasteiger partial charge >= 0.3 is 6.09 Å². The minimum absolute atomic E-state index is 0.0901. The Kier molecular flexibility index (Phi) is 5.91. The molecule has 0 saturated heterocycles. The van der Waals surface area contributed by atoms with Gasteiger partial charge in [0.25, 0.3) is 5.91 Å². The van der Waals surface area contributed by atoms with Gasteiger partial charge < -0.3 is 15.7 Å². The van der Waals surface area contributed by atoms with Gasteiger partial charge in [-0.15, -0.1) is 0 Å². The molecule has 2 amide bonds. The number of halogens is 1. The predicted octanol–water partition coefficient (Wildman–Crippen LogP) is 3.99. The lowest BCUT2D eigenvalue weighted by atomic mass is 9.86. The lowest BCUT2D eigenvalue weighted by molar-refractivity contribution is 0.0520. The highest BCUT2D eigenvalue weighted by Gasteiger charge is 2.40. The normalized spacial score (nSPS) is 20.6. The summed E-state index contributed by atoms with van der Waals surface area (Å²) in [6, 6.07) is -0.266. The molecule has 4 rings (SSSR count). The summed E-state index contributed by atoms with van der Waals surface area (Å²) in [7, 11) is 1.82. The summed E-state index contributed by atoms with van der Waals surface area (Å²) < 4.78 is 2.41. The van der Waals surface area contributed by atoms with Crippen LogP contribution in [0.4, 0.5) is 10.6 Å². The van der Waals surface area contributed by atoms with E-state index in [1.54, 1.807) is 15.8 Å². The number of anilines is 1. The summed E-state index contributed by atoms with van der Waals surface area (Å²) in [6.45, 7) is 6.19. The minimum Gasteiger partial charge on any atom is -0.465 e. The van der Waals surface area contributed by atoms with Crippen LogP contribution in [0, 0.1) is 0 Å². The molecule has 172 valence electrons. The summed E-state index contributed by atoms with van der Waals surface area (Å²) in [5, 5.41) is 20.6. The molecule has 2 atom stereocenters. The maximum atomic E-state index is 12.6. The summed E-state index contributed by atoms with van der Waals surface area (Å²) in [5.74, 6) is 0.467. The number of rotatable bonds is 4. The Bertz CT molecular complexity index is 1060. The van der Waals surface area contributed by atoms with Crippen molar-refractivity contribution in [3.63, 3.8) is 0 Å². The molecule has 1 fully saturated rings. The van der Waals surface area contributed by atoms with E-state index in [-0.39, 0.29) is 18.0 Å². The van der Waals surface area contributed by atoms with Crippen LogP contribution in [0.15, 0.2) is 16.9 Å². The van der Waals surface area contributed by atoms with Gasteiger partial charge in [0.1, 0.15) is 5.82 Å². The zero-order valence-electron chi connectivity index (χ0n) is 18.8. The highest BCUT2D eigenvalue weighted by Crippen LogP contribution is 2.38. The van der Waals surface area contributed by atoms with Crippen LogP contribution >= 0.6 is 15.9 Å². The number of aryl methyl sites for hydroxylation is 1. The third-order valence-electron chi connectivity index (χ3n) is 6.18. The number of nitrogens with one attached hydrogen (secondary N) is 2. The number of fused-ring (bicyclic) bond motifs is 1. The molecule has 0 spiro atoms. The number of carbonyl (C=O) groups is 2. The zero-order valence-corrected chi connectivity index (χ0v) is 20.4. The van der Waals surface area contributed by atoms with Crippen molar-refractivity contribution in [3.05, 3.63) is 28.0 Å². The fraction of sp³-hybridized carbons (Fsp3) is 0.545. The standard InChI is InChI=1S/C22H29BrN6O3/c1-22(2,3)29(21(31)32)15-8-6-5-7-14(15)26-19-17(23)13-10-24-20(30)16(13)18(27-19)12-9-25-28(4)11-12/h9,11,14-15H,5-8,10H2,1-4H3,(H,24,30)(H,26,27)(H,31,32)/t14-,15+/m1/s1. The van der Waals surface area contributed by atoms with E-state index in [1.165, 1.54) is 0 Å². The molecular weight excluding hydrogens is 476 g/mol. The average molecular weight is 505 g/mol. The van der Waals surface area contributed by atoms with Gasteiger partial charge in [0, 0.05) is 42.5 Å². The van der Waals surface area contributed by atoms with Gasteiger partial charge in [-0.25, -0.2) is 9.78 Å². The van der Waals surface area contributed by atoms with Crippen molar-refractivity contribution in [3.8, 4) is 11.3 Å². The molecule has 0 bridgehead atoms. The number of aromatic nitrogens is 3. The number of hydrogen-bond acceptors (Lipinski definition) is 5. The second-order valence-corrected chi connectivity index (χ2v) is 10.3. The monoisotopic (exact) mass is 504 g/mol. The Labute approximate surface area is 195 Å². The van der Waals surface area contributed by atoms with Crippen LogP contribution in [0.3, 0.4) is 0 Å². The number of hydrogen-bond donors (Lipinski definition) is 3. The summed E-state index contributed by atoms with van der Waals surface area (Å²) in [5.41, 5.74) is 2.22. The fourth-order valence-corrected chi connectivity index (χ4v) is 5.36. The molecule has 1 saturated carbocycles. The Morgan fingerprint density at radius 1 is 1.34 bits per heavy atom. The number of pyridine rings is 1. The molecule has 3 N–H and O–H groups in total. The van der Waals surface area contributed by atoms with Crippen molar-refractivity contribution in [2.75, 3.05) is 5.32 Å². The first-order valence-corrected chi connectivity index (χ1v) is 11.7. The predicted molar refractivity (Wildman–Crippen MR) is 125 cm³/mol. The molecule has 9 nitrogen and oxygen atoms in total. The van der Waals surface area contributed by atoms with Gasteiger partial charge in [-0.1, -0.05) is 12.8 Å². The van der Waals surface area contributed by atoms with E-state index in [1.807, 2.05) is 34.0 Å². The molecule has 2 aliphatic rings. The van der Waals surface area contributed by atoms with E-state index in [0.717, 1.165) is 41.3 Å². The van der Waals surface area contributed by atoms with Crippen LogP contribution in [0.2, 0.25) is 0 Å². The first kappa shape index (κ1) is 22.6. The van der Waals surface area contributed by atoms with Crippen LogP contribution in [0.5, 0.6) is 0 Å². The van der Waals surface area contributed by atoms with Crippen molar-refractivity contribution >= 4 is 33.7 Å². The number of carboxylic acid groups (broad SMARTS) is 1. The van der Waals surface area contributed by atoms with Gasteiger partial charge in [-0.2, -0.15) is 5.10 Å². The quantitative estimate of drug-likeness (QED) is 0.580. The lowest BCUT2D eigenvalue weighted by Crippen LogP contribution is -2.58. The summed E-state index contributed by atoms with van der Waals surface area (Å²) in [4.78, 5) is 31.1. The van der Waals surface area contributed by atoms with E-state index >= 15 is 0 Å². The van der Waals surface area contributed by atoms with E-state index in [0.29, 0.717) is 23.6 Å². The lowest BCUT2D eigenvalue weighted by Gasteiger charge is -2.45. The maximum absolute atomic E-state index is 12.6. The second kappa shape index (κ2) is 8.38. The number of carbonyl (C=O) groups excluding carboxylic acids is 1. The van der Waals surface area contributed by atoms with Crippen LogP contribution in [0.1, 0.15) is 62.4 Å². The van der Waals surface area contributed by atoms with E-state index < -0.39 is 11.6 Å². The molecular formula is C22H29BrN6O3. The molecule has 1 aliphatic carbocycles. The molecule has 1 aliphatic heterocycles. The molecule has 0 unspecified atom stereocenters. The third-order valence-corrected chi connectivity index (χ3v) is 7.03. The Morgan fingerprint density at radius 2 is 2.06 bits per heavy atom. The Hall–Kier alpha value is -2.62. The fourth-order valence-electron chi connectivity index (χ4n) is 4.82. The van der Waals surface area contributed by atoms with Crippen LogP contribution in [0.25, 0.3) is 11.3 Å². The van der Waals surface area contributed by atoms with Crippen molar-refractivity contribution < 1.29 is 14.7 Å². The SMILES string of the molecule is Cn1cc(-c2nc(N[C@@H]3CCCC[C@@H]3N(C(=O)O)C(C)(C)C)c(Br)c3c2C(=O)NC3)cn1. The van der Waals surface area contributed by atoms with Crippen molar-refractivity contribution in [2.24, 2.45) is 7.05 Å². The van der Waals surface area contributed by atoms with Gasteiger partial charge in [0.2, 0.25) is 0 Å².